The summed E-state index contributed by atoms with van der Waals surface area (Å²) in [6, 6.07) is 13.4. The molecule has 1 atom stereocenters. The number of benzene rings is 2. The number of carboxylic acid groups (broad SMARTS) is 1. The van der Waals surface area contributed by atoms with Crippen molar-refractivity contribution < 1.29 is 19.7 Å². The van der Waals surface area contributed by atoms with E-state index in [1.165, 1.54) is 4.90 Å². The summed E-state index contributed by atoms with van der Waals surface area (Å²) in [4.78, 5) is 19.8. The van der Waals surface area contributed by atoms with Crippen LogP contribution in [0.25, 0.3) is 10.9 Å². The van der Waals surface area contributed by atoms with E-state index >= 15 is 0 Å². The van der Waals surface area contributed by atoms with Crippen LogP contribution in [0.5, 0.6) is 5.75 Å². The molecule has 1 fully saturated rings. The third-order valence-corrected chi connectivity index (χ3v) is 9.14. The Labute approximate surface area is 238 Å². The molecule has 2 N–H and O–H groups in total. The van der Waals surface area contributed by atoms with Gasteiger partial charge in [-0.05, 0) is 105 Å². The second-order valence-corrected chi connectivity index (χ2v) is 12.0. The number of aliphatic hydroxyl groups excluding tert-OH is 1. The number of carbonyl (C=O) groups is 1. The number of likely N-dealkylation sites (tertiary alicyclic amines) is 1. The smallest absolute Gasteiger partial charge is 0.303 e. The normalized spacial score (nSPS) is 16.4. The fourth-order valence-electron chi connectivity index (χ4n) is 5.32. The number of rotatable bonds is 12. The Morgan fingerprint density at radius 3 is 2.61 bits per heavy atom. The molecule has 3 aromatic rings. The number of piperidine rings is 1. The molecule has 0 saturated carbocycles. The number of aliphatic hydroxyl groups is 1. The largest absolute Gasteiger partial charge is 0.497 e. The van der Waals surface area contributed by atoms with Crippen molar-refractivity contribution >= 4 is 51.8 Å². The van der Waals surface area contributed by atoms with Crippen molar-refractivity contribution in [3.8, 4) is 5.75 Å². The molecule has 1 saturated heterocycles. The number of fused-ring (bicyclic) bond motifs is 1. The van der Waals surface area contributed by atoms with Gasteiger partial charge in [0.2, 0.25) is 0 Å². The molecule has 2 heterocycles. The molecule has 204 valence electrons. The van der Waals surface area contributed by atoms with Crippen molar-refractivity contribution in [2.24, 2.45) is 5.41 Å². The number of nitrogens with zero attached hydrogens (tertiary/aromatic N) is 2. The van der Waals surface area contributed by atoms with E-state index in [1.54, 1.807) is 13.3 Å². The van der Waals surface area contributed by atoms with Gasteiger partial charge in [-0.1, -0.05) is 23.2 Å². The number of aliphatic carboxylic acids is 1. The lowest BCUT2D eigenvalue weighted by Crippen LogP contribution is -2.41. The van der Waals surface area contributed by atoms with Crippen molar-refractivity contribution in [3.63, 3.8) is 0 Å². The van der Waals surface area contributed by atoms with Gasteiger partial charge >= 0.3 is 5.97 Å². The maximum Gasteiger partial charge on any atom is 0.303 e. The van der Waals surface area contributed by atoms with Gasteiger partial charge in [0.25, 0.3) is 0 Å². The molecule has 4 rings (SSSR count). The fourth-order valence-corrected chi connectivity index (χ4v) is 6.56. The van der Waals surface area contributed by atoms with E-state index in [0.29, 0.717) is 29.2 Å². The van der Waals surface area contributed by atoms with E-state index in [2.05, 4.69) is 9.88 Å². The molecule has 0 spiro atoms. The van der Waals surface area contributed by atoms with Crippen LogP contribution in [0.4, 0.5) is 0 Å². The lowest BCUT2D eigenvalue weighted by molar-refractivity contribution is -0.141. The Morgan fingerprint density at radius 1 is 1.18 bits per heavy atom. The molecule has 38 heavy (non-hydrogen) atoms. The number of ether oxygens (including phenoxy) is 1. The Hall–Kier alpha value is -2.03. The van der Waals surface area contributed by atoms with Gasteiger partial charge in [-0.25, -0.2) is 0 Å². The zero-order valence-electron chi connectivity index (χ0n) is 21.5. The number of aromatic nitrogens is 1. The highest BCUT2D eigenvalue weighted by Crippen LogP contribution is 2.43. The van der Waals surface area contributed by atoms with E-state index in [9.17, 15) is 15.0 Å². The van der Waals surface area contributed by atoms with Crippen LogP contribution >= 0.6 is 35.0 Å². The second-order valence-electron chi connectivity index (χ2n) is 10.0. The number of hydrogen-bond acceptors (Lipinski definition) is 6. The first-order chi connectivity index (χ1) is 18.3. The lowest BCUT2D eigenvalue weighted by Gasteiger charge is -2.41. The number of halogens is 2. The Morgan fingerprint density at radius 2 is 1.92 bits per heavy atom. The van der Waals surface area contributed by atoms with Gasteiger partial charge in [-0.3, -0.25) is 9.78 Å². The first-order valence-corrected chi connectivity index (χ1v) is 14.7. The van der Waals surface area contributed by atoms with Gasteiger partial charge < -0.3 is 19.8 Å². The predicted molar refractivity (Wildman–Crippen MR) is 155 cm³/mol. The van der Waals surface area contributed by atoms with Crippen LogP contribution in [0.2, 0.25) is 10.0 Å². The van der Waals surface area contributed by atoms with Gasteiger partial charge in [0, 0.05) is 27.1 Å². The van der Waals surface area contributed by atoms with Crippen LogP contribution in [0.15, 0.2) is 53.6 Å². The van der Waals surface area contributed by atoms with E-state index in [4.69, 9.17) is 27.9 Å². The number of thioether (sulfide) groups is 1. The molecule has 0 aliphatic carbocycles. The molecule has 1 aromatic heterocycles. The van der Waals surface area contributed by atoms with Crippen molar-refractivity contribution in [3.05, 3.63) is 64.3 Å². The standard InChI is InChI=1S/C29H34Cl2N2O4S/c1-37-21-5-8-25-23(17-21)28(24(31)19-32-25)26(34)9-10-29(18-27(35)36)11-14-33(15-12-29)13-2-16-38-22-6-3-20(30)4-7-22/h3-8,17,19,26,34H,2,9-16,18H2,1H3,(H,35,36). The van der Waals surface area contributed by atoms with Crippen LogP contribution < -0.4 is 4.74 Å². The third-order valence-electron chi connectivity index (χ3n) is 7.49. The first-order valence-electron chi connectivity index (χ1n) is 12.9. The quantitative estimate of drug-likeness (QED) is 0.175. The summed E-state index contributed by atoms with van der Waals surface area (Å²) in [5, 5.41) is 22.8. The molecule has 0 amide bonds. The van der Waals surface area contributed by atoms with Crippen molar-refractivity contribution in [1.29, 1.82) is 0 Å². The van der Waals surface area contributed by atoms with Crippen LogP contribution in [-0.4, -0.2) is 58.6 Å². The van der Waals surface area contributed by atoms with E-state index in [-0.39, 0.29) is 11.8 Å². The minimum absolute atomic E-state index is 0.110. The van der Waals surface area contributed by atoms with Gasteiger partial charge in [0.05, 0.1) is 30.2 Å². The molecule has 0 bridgehead atoms. The van der Waals surface area contributed by atoms with Crippen LogP contribution in [0.3, 0.4) is 0 Å². The summed E-state index contributed by atoms with van der Waals surface area (Å²) in [5.41, 5.74) is 1.01. The molecule has 1 aliphatic rings. The molecule has 9 heteroatoms. The van der Waals surface area contributed by atoms with Crippen LogP contribution in [0.1, 0.15) is 50.2 Å². The number of carboxylic acids is 1. The minimum Gasteiger partial charge on any atom is -0.497 e. The molecule has 1 aliphatic heterocycles. The zero-order chi connectivity index (χ0) is 27.1. The first kappa shape index (κ1) is 29.0. The molecule has 1 unspecified atom stereocenters. The van der Waals surface area contributed by atoms with Crippen LogP contribution in [0, 0.1) is 5.41 Å². The second kappa shape index (κ2) is 13.4. The van der Waals surface area contributed by atoms with Gasteiger partial charge in [-0.2, -0.15) is 0 Å². The summed E-state index contributed by atoms with van der Waals surface area (Å²) in [6.45, 7) is 2.73. The monoisotopic (exact) mass is 576 g/mol. The highest BCUT2D eigenvalue weighted by molar-refractivity contribution is 7.99. The van der Waals surface area contributed by atoms with Gasteiger partial charge in [-0.15, -0.1) is 11.8 Å². The Kier molecular flexibility index (Phi) is 10.2. The third kappa shape index (κ3) is 7.54. The fraction of sp³-hybridized carbons (Fsp3) is 0.448. The van der Waals surface area contributed by atoms with Crippen molar-refractivity contribution in [2.75, 3.05) is 32.5 Å². The molecule has 0 radical (unpaired) electrons. The number of pyridine rings is 1. The predicted octanol–water partition coefficient (Wildman–Crippen LogP) is 7.10. The van der Waals surface area contributed by atoms with Gasteiger partial charge in [0.15, 0.2) is 0 Å². The average Bonchev–Trinajstić information content (AvgIpc) is 2.91. The summed E-state index contributed by atoms with van der Waals surface area (Å²) >= 11 is 14.3. The SMILES string of the molecule is COc1ccc2ncc(Cl)c(C(O)CCC3(CC(=O)O)CCN(CCCSc4ccc(Cl)cc4)CC3)c2c1. The summed E-state index contributed by atoms with van der Waals surface area (Å²) in [5.74, 6) is 0.900. The Balaban J connectivity index is 1.34. The molecule has 6 nitrogen and oxygen atoms in total. The Bertz CT molecular complexity index is 1230. The lowest BCUT2D eigenvalue weighted by atomic mass is 9.71. The summed E-state index contributed by atoms with van der Waals surface area (Å²) < 4.78 is 5.36. The van der Waals surface area contributed by atoms with Crippen molar-refractivity contribution in [2.45, 2.75) is 49.5 Å². The number of methoxy groups -OCH3 is 1. The maximum atomic E-state index is 11.8. The maximum absolute atomic E-state index is 11.8. The number of hydrogen-bond donors (Lipinski definition) is 2. The highest BCUT2D eigenvalue weighted by atomic mass is 35.5. The molecule has 2 aromatic carbocycles. The summed E-state index contributed by atoms with van der Waals surface area (Å²) in [6.07, 6.45) is 4.56. The topological polar surface area (TPSA) is 82.9 Å². The van der Waals surface area contributed by atoms with E-state index in [1.807, 2.05) is 54.2 Å². The van der Waals surface area contributed by atoms with Crippen LogP contribution in [-0.2, 0) is 4.79 Å². The van der Waals surface area contributed by atoms with Gasteiger partial charge in [0.1, 0.15) is 5.75 Å². The highest BCUT2D eigenvalue weighted by Gasteiger charge is 2.37. The van der Waals surface area contributed by atoms with E-state index in [0.717, 1.165) is 60.6 Å². The van der Waals surface area contributed by atoms with E-state index < -0.39 is 12.1 Å². The van der Waals surface area contributed by atoms with Crippen molar-refractivity contribution in [1.82, 2.24) is 9.88 Å². The molecular formula is C29H34Cl2N2O4S. The minimum atomic E-state index is -0.825. The summed E-state index contributed by atoms with van der Waals surface area (Å²) in [7, 11) is 1.59. The zero-order valence-corrected chi connectivity index (χ0v) is 23.9. The molecular weight excluding hydrogens is 543 g/mol. The average molecular weight is 578 g/mol.